The Hall–Kier alpha value is -3.52. The average molecular weight is 463 g/mol. The molecule has 1 aliphatic heterocycles. The maximum atomic E-state index is 12.9. The number of amides is 3. The Morgan fingerprint density at radius 2 is 1.91 bits per heavy atom. The van der Waals surface area contributed by atoms with E-state index >= 15 is 0 Å². The van der Waals surface area contributed by atoms with Crippen LogP contribution in [-0.4, -0.2) is 45.9 Å². The summed E-state index contributed by atoms with van der Waals surface area (Å²) in [5.41, 5.74) is 6.89. The van der Waals surface area contributed by atoms with Crippen molar-refractivity contribution >= 4 is 23.8 Å². The van der Waals surface area contributed by atoms with Gasteiger partial charge in [0.15, 0.2) is 6.04 Å². The molecule has 3 atom stereocenters. The van der Waals surface area contributed by atoms with Gasteiger partial charge in [-0.2, -0.15) is 0 Å². The maximum Gasteiger partial charge on any atom is 0.261 e. The molecule has 1 saturated carbocycles. The first-order valence-corrected chi connectivity index (χ1v) is 11.8. The molecule has 3 unspecified atom stereocenters. The minimum absolute atomic E-state index is 0.399. The third-order valence-corrected chi connectivity index (χ3v) is 6.33. The number of nitrogens with two attached hydrogens (primary N) is 1. The highest BCUT2D eigenvalue weighted by molar-refractivity contribution is 6.09. The number of nitrogens with zero attached hydrogens (tertiary/aromatic N) is 2. The number of ether oxygens (including phenoxy) is 1. The molecule has 8 heteroatoms. The van der Waals surface area contributed by atoms with E-state index in [0.717, 1.165) is 36.1 Å². The normalized spacial score (nSPS) is 21.7. The molecule has 8 nitrogen and oxygen atoms in total. The molecule has 2 aromatic rings. The third-order valence-electron chi connectivity index (χ3n) is 6.33. The summed E-state index contributed by atoms with van der Waals surface area (Å²) >= 11 is 0. The molecule has 178 valence electrons. The Morgan fingerprint density at radius 1 is 1.15 bits per heavy atom. The van der Waals surface area contributed by atoms with Crippen molar-refractivity contribution in [2.45, 2.75) is 56.8 Å². The fourth-order valence-corrected chi connectivity index (χ4v) is 4.46. The van der Waals surface area contributed by atoms with Gasteiger partial charge < -0.3 is 15.8 Å². The van der Waals surface area contributed by atoms with E-state index in [1.54, 1.807) is 54.9 Å². The summed E-state index contributed by atoms with van der Waals surface area (Å²) in [6, 6.07) is 10.7. The van der Waals surface area contributed by atoms with Gasteiger partial charge in [0.1, 0.15) is 5.75 Å². The van der Waals surface area contributed by atoms with Crippen LogP contribution in [0.3, 0.4) is 0 Å². The van der Waals surface area contributed by atoms with Crippen molar-refractivity contribution in [2.24, 2.45) is 11.7 Å². The van der Waals surface area contributed by atoms with Crippen molar-refractivity contribution in [3.63, 3.8) is 0 Å². The van der Waals surface area contributed by atoms with E-state index in [2.05, 4.69) is 10.3 Å². The minimum atomic E-state index is -0.985. The first kappa shape index (κ1) is 23.6. The summed E-state index contributed by atoms with van der Waals surface area (Å²) in [5.74, 6) is -0.547. The number of hydrogen-bond donors (Lipinski definition) is 2. The zero-order valence-corrected chi connectivity index (χ0v) is 19.0. The van der Waals surface area contributed by atoms with Gasteiger partial charge in [-0.25, -0.2) is 4.90 Å². The van der Waals surface area contributed by atoms with Gasteiger partial charge in [0.05, 0.1) is 6.04 Å². The van der Waals surface area contributed by atoms with Crippen molar-refractivity contribution in [3.8, 4) is 5.75 Å². The van der Waals surface area contributed by atoms with Crippen LogP contribution in [0.4, 0.5) is 0 Å². The van der Waals surface area contributed by atoms with Crippen molar-refractivity contribution < 1.29 is 19.1 Å². The zero-order chi connectivity index (χ0) is 23.9. The number of carbonyl (C=O) groups is 3. The van der Waals surface area contributed by atoms with E-state index < -0.39 is 36.0 Å². The van der Waals surface area contributed by atoms with Gasteiger partial charge in [-0.15, -0.1) is 0 Å². The number of carbonyl (C=O) groups excluding carboxylic acids is 3. The molecule has 1 aliphatic carbocycles. The van der Waals surface area contributed by atoms with Crippen LogP contribution in [0.1, 0.15) is 44.1 Å². The first-order valence-electron chi connectivity index (χ1n) is 11.8. The van der Waals surface area contributed by atoms with Gasteiger partial charge in [0.2, 0.25) is 12.1 Å². The van der Waals surface area contributed by atoms with E-state index in [0.29, 0.717) is 18.1 Å². The highest BCUT2D eigenvalue weighted by Crippen LogP contribution is 2.28. The minimum Gasteiger partial charge on any atom is -0.467 e. The molecule has 2 fully saturated rings. The summed E-state index contributed by atoms with van der Waals surface area (Å²) in [6.45, 7) is 0. The van der Waals surface area contributed by atoms with Gasteiger partial charge >= 0.3 is 0 Å². The summed E-state index contributed by atoms with van der Waals surface area (Å²) in [7, 11) is 0. The van der Waals surface area contributed by atoms with E-state index in [9.17, 15) is 14.4 Å². The molecule has 1 aromatic heterocycles. The van der Waals surface area contributed by atoms with E-state index in [4.69, 9.17) is 10.5 Å². The Morgan fingerprint density at radius 3 is 2.62 bits per heavy atom. The molecule has 2 aliphatic rings. The Balaban J connectivity index is 1.44. The molecule has 2 heterocycles. The van der Waals surface area contributed by atoms with Gasteiger partial charge in [0, 0.05) is 18.5 Å². The van der Waals surface area contributed by atoms with Crippen molar-refractivity contribution in [1.29, 1.82) is 0 Å². The third kappa shape index (κ3) is 5.69. The highest BCUT2D eigenvalue weighted by Gasteiger charge is 2.53. The van der Waals surface area contributed by atoms with Gasteiger partial charge in [-0.1, -0.05) is 56.4 Å². The van der Waals surface area contributed by atoms with Crippen LogP contribution in [0.15, 0.2) is 60.9 Å². The summed E-state index contributed by atoms with van der Waals surface area (Å²) < 4.78 is 5.93. The van der Waals surface area contributed by atoms with E-state index in [1.165, 1.54) is 12.5 Å². The van der Waals surface area contributed by atoms with E-state index in [1.807, 2.05) is 6.07 Å². The molecule has 4 rings (SSSR count). The van der Waals surface area contributed by atoms with Crippen molar-refractivity contribution in [1.82, 2.24) is 15.2 Å². The second kappa shape index (κ2) is 11.1. The second-order valence-corrected chi connectivity index (χ2v) is 8.82. The van der Waals surface area contributed by atoms with Crippen LogP contribution in [0, 0.1) is 5.92 Å². The molecule has 0 bridgehead atoms. The second-order valence-electron chi connectivity index (χ2n) is 8.82. The molecule has 34 heavy (non-hydrogen) atoms. The van der Waals surface area contributed by atoms with Crippen LogP contribution in [0.2, 0.25) is 0 Å². The monoisotopic (exact) mass is 462 g/mol. The zero-order valence-electron chi connectivity index (χ0n) is 19.0. The number of aromatic nitrogens is 1. The SMILES string of the molecule is NC(CC1CCCCC1)C(=O)NC1C(=O)N(C(=O)/C=C/c2cccnc2)C1Oc1ccccc1. The number of likely N-dealkylation sites (tertiary alicyclic amines) is 1. The van der Waals surface area contributed by atoms with Crippen molar-refractivity contribution in [3.05, 3.63) is 66.5 Å². The van der Waals surface area contributed by atoms with Crippen molar-refractivity contribution in [2.75, 3.05) is 0 Å². The number of imide groups is 1. The van der Waals surface area contributed by atoms with Crippen LogP contribution in [0.25, 0.3) is 6.08 Å². The lowest BCUT2D eigenvalue weighted by Crippen LogP contribution is -2.74. The van der Waals surface area contributed by atoms with Gasteiger partial charge in [0.25, 0.3) is 11.8 Å². The number of rotatable bonds is 8. The summed E-state index contributed by atoms with van der Waals surface area (Å²) in [5, 5.41) is 2.72. The molecule has 1 saturated heterocycles. The fraction of sp³-hybridized carbons (Fsp3) is 0.385. The number of nitrogens with one attached hydrogen (secondary N) is 1. The number of benzene rings is 1. The lowest BCUT2D eigenvalue weighted by molar-refractivity contribution is -0.176. The Kier molecular flexibility index (Phi) is 7.69. The fourth-order valence-electron chi connectivity index (χ4n) is 4.46. The number of pyridine rings is 1. The highest BCUT2D eigenvalue weighted by atomic mass is 16.5. The van der Waals surface area contributed by atoms with Gasteiger partial charge in [-0.3, -0.25) is 19.4 Å². The smallest absolute Gasteiger partial charge is 0.261 e. The predicted molar refractivity (Wildman–Crippen MR) is 127 cm³/mol. The van der Waals surface area contributed by atoms with E-state index in [-0.39, 0.29) is 0 Å². The van der Waals surface area contributed by atoms with Crippen LogP contribution in [0.5, 0.6) is 5.75 Å². The van der Waals surface area contributed by atoms with Crippen LogP contribution < -0.4 is 15.8 Å². The molecule has 0 spiro atoms. The lowest BCUT2D eigenvalue weighted by Gasteiger charge is -2.44. The number of hydrogen-bond acceptors (Lipinski definition) is 6. The van der Waals surface area contributed by atoms with Gasteiger partial charge in [-0.05, 0) is 42.2 Å². The topological polar surface area (TPSA) is 115 Å². The standard InChI is InChI=1S/C26H30N4O4/c27-21(16-18-8-3-1-4-9-18)24(32)29-23-25(33)30(26(23)34-20-11-5-2-6-12-20)22(31)14-13-19-10-7-15-28-17-19/h2,5-7,10-15,17-18,21,23,26H,1,3-4,8-9,16,27H2,(H,29,32)/b14-13+. The summed E-state index contributed by atoms with van der Waals surface area (Å²) in [6.07, 6.45) is 11.4. The molecule has 3 amide bonds. The molecular weight excluding hydrogens is 432 g/mol. The van der Waals surface area contributed by atoms with Crippen LogP contribution in [-0.2, 0) is 14.4 Å². The largest absolute Gasteiger partial charge is 0.467 e. The number of para-hydroxylation sites is 1. The average Bonchev–Trinajstić information content (AvgIpc) is 2.87. The quantitative estimate of drug-likeness (QED) is 0.460. The molecule has 1 aromatic carbocycles. The maximum absolute atomic E-state index is 12.9. The predicted octanol–water partition coefficient (Wildman–Crippen LogP) is 2.65. The lowest BCUT2D eigenvalue weighted by atomic mass is 9.85. The number of β-lactam (4-membered cyclic amide) rings is 1. The molecule has 0 radical (unpaired) electrons. The summed E-state index contributed by atoms with van der Waals surface area (Å²) in [4.78, 5) is 43.5. The molecule has 3 N–H and O–H groups in total. The first-order chi connectivity index (χ1) is 16.5. The molecular formula is C26H30N4O4. The Bertz CT molecular complexity index is 1020. The Labute approximate surface area is 199 Å². The van der Waals surface area contributed by atoms with Crippen LogP contribution >= 0.6 is 0 Å².